The molecule has 0 aliphatic rings. The third-order valence-corrected chi connectivity index (χ3v) is 6.82. The van der Waals surface area contributed by atoms with Crippen molar-refractivity contribution in [1.29, 1.82) is 0 Å². The molecule has 0 fully saturated rings. The van der Waals surface area contributed by atoms with Crippen molar-refractivity contribution in [1.82, 2.24) is 20.0 Å². The highest BCUT2D eigenvalue weighted by Gasteiger charge is 2.20. The van der Waals surface area contributed by atoms with E-state index in [2.05, 4.69) is 31.5 Å². The Morgan fingerprint density at radius 3 is 2.57 bits per heavy atom. The van der Waals surface area contributed by atoms with Crippen molar-refractivity contribution in [2.75, 3.05) is 31.6 Å². The number of pyridine rings is 1. The van der Waals surface area contributed by atoms with Crippen LogP contribution in [-0.2, 0) is 20.9 Å². The molecule has 0 bridgehead atoms. The Balaban J connectivity index is 0.00000481. The van der Waals surface area contributed by atoms with E-state index in [0.29, 0.717) is 27.7 Å². The van der Waals surface area contributed by atoms with Crippen LogP contribution in [0.5, 0.6) is 5.75 Å². The third kappa shape index (κ3) is 7.41. The number of imidazole rings is 1. The van der Waals surface area contributed by atoms with Gasteiger partial charge in [-0.05, 0) is 54.0 Å². The van der Waals surface area contributed by atoms with E-state index >= 15 is 0 Å². The zero-order valence-electron chi connectivity index (χ0n) is 20.1. The van der Waals surface area contributed by atoms with Gasteiger partial charge < -0.3 is 25.0 Å². The zero-order chi connectivity index (χ0) is 26.4. The molecule has 0 unspecified atom stereocenters. The Morgan fingerprint density at radius 1 is 1.16 bits per heavy atom. The Bertz CT molecular complexity index is 1300. The lowest BCUT2D eigenvalue weighted by molar-refractivity contribution is -0.141. The van der Waals surface area contributed by atoms with Gasteiger partial charge in [-0.1, -0.05) is 23.2 Å². The van der Waals surface area contributed by atoms with Gasteiger partial charge in [0.05, 0.1) is 29.6 Å². The Hall–Kier alpha value is -2.73. The first-order valence-corrected chi connectivity index (χ1v) is 12.4. The minimum Gasteiger partial charge on any atom is -0.485 e. The molecule has 0 aliphatic heterocycles. The molecule has 2 aromatic heterocycles. The molecule has 0 saturated carbocycles. The van der Waals surface area contributed by atoms with Gasteiger partial charge in [0.2, 0.25) is 5.91 Å². The second-order valence-electron chi connectivity index (χ2n) is 7.50. The van der Waals surface area contributed by atoms with Gasteiger partial charge in [0.15, 0.2) is 11.4 Å². The summed E-state index contributed by atoms with van der Waals surface area (Å²) in [5.74, 6) is -0.489. The minimum atomic E-state index is -0.684. The number of esters is 1. The Morgan fingerprint density at radius 2 is 1.86 bits per heavy atom. The summed E-state index contributed by atoms with van der Waals surface area (Å²) in [5, 5.41) is 5.31. The number of nitrogens with zero attached hydrogens (tertiary/aromatic N) is 3. The lowest BCUT2D eigenvalue weighted by Gasteiger charge is -2.21. The predicted molar refractivity (Wildman–Crippen MR) is 147 cm³/mol. The summed E-state index contributed by atoms with van der Waals surface area (Å²) in [6.07, 6.45) is 1.86. The second-order valence-corrected chi connectivity index (χ2v) is 9.03. The van der Waals surface area contributed by atoms with E-state index in [4.69, 9.17) is 32.7 Å². The standard InChI is InChI=1S/C23H24BrCl2N5O5.ClH/c1-4-35-19(33)11-28-23(34)27-10-18(32)30(3)16-8-7-15(25)14(20(16)26)12-36-17-6-5-9-31-21(24)13(2)29-22(17)31;/h5-9H,4,10-12H2,1-3H3,(H2,27,28,34);1H. The summed E-state index contributed by atoms with van der Waals surface area (Å²) < 4.78 is 13.4. The molecule has 2 heterocycles. The molecule has 0 aliphatic carbocycles. The van der Waals surface area contributed by atoms with Gasteiger partial charge in [0, 0.05) is 23.8 Å². The topological polar surface area (TPSA) is 114 Å². The number of carbonyl (C=O) groups excluding carboxylic acids is 3. The van der Waals surface area contributed by atoms with E-state index in [0.717, 1.165) is 10.3 Å². The van der Waals surface area contributed by atoms with E-state index in [1.165, 1.54) is 11.9 Å². The third-order valence-electron chi connectivity index (χ3n) is 5.09. The lowest BCUT2D eigenvalue weighted by atomic mass is 10.2. The first-order valence-electron chi connectivity index (χ1n) is 10.8. The van der Waals surface area contributed by atoms with Crippen LogP contribution in [0.2, 0.25) is 10.0 Å². The maximum Gasteiger partial charge on any atom is 0.325 e. The van der Waals surface area contributed by atoms with E-state index < -0.39 is 17.9 Å². The highest BCUT2D eigenvalue weighted by molar-refractivity contribution is 9.10. The molecule has 0 atom stereocenters. The average Bonchev–Trinajstić information content (AvgIpc) is 3.15. The van der Waals surface area contributed by atoms with Crippen LogP contribution in [0.4, 0.5) is 10.5 Å². The quantitative estimate of drug-likeness (QED) is 0.333. The lowest BCUT2D eigenvalue weighted by Crippen LogP contribution is -2.44. The highest BCUT2D eigenvalue weighted by Crippen LogP contribution is 2.35. The van der Waals surface area contributed by atoms with Gasteiger partial charge in [-0.2, -0.15) is 0 Å². The van der Waals surface area contributed by atoms with E-state index in [9.17, 15) is 14.4 Å². The molecule has 3 rings (SSSR count). The van der Waals surface area contributed by atoms with E-state index in [-0.39, 0.29) is 43.7 Å². The number of urea groups is 1. The number of nitrogens with one attached hydrogen (secondary N) is 2. The monoisotopic (exact) mass is 635 g/mol. The number of likely N-dealkylation sites (N-methyl/N-ethyl adjacent to an activating group) is 1. The van der Waals surface area contributed by atoms with Gasteiger partial charge in [-0.3, -0.25) is 14.0 Å². The fourth-order valence-electron chi connectivity index (χ4n) is 3.20. The number of anilines is 1. The van der Waals surface area contributed by atoms with Crippen LogP contribution in [0.25, 0.3) is 5.65 Å². The zero-order valence-corrected chi connectivity index (χ0v) is 24.1. The van der Waals surface area contributed by atoms with E-state index in [1.54, 1.807) is 25.1 Å². The summed E-state index contributed by atoms with van der Waals surface area (Å²) in [6.45, 7) is 3.14. The minimum absolute atomic E-state index is 0. The van der Waals surface area contributed by atoms with Crippen LogP contribution in [-0.4, -0.2) is 54.0 Å². The molecule has 3 amide bonds. The number of aromatic nitrogens is 2. The Kier molecular flexibility index (Phi) is 11.3. The maximum atomic E-state index is 12.7. The number of rotatable bonds is 9. The summed E-state index contributed by atoms with van der Waals surface area (Å²) >= 11 is 16.5. The summed E-state index contributed by atoms with van der Waals surface area (Å²) in [4.78, 5) is 41.6. The molecular formula is C23H25BrCl3N5O5. The van der Waals surface area contributed by atoms with Crippen molar-refractivity contribution in [3.8, 4) is 5.75 Å². The van der Waals surface area contributed by atoms with E-state index in [1.807, 2.05) is 23.6 Å². The van der Waals surface area contributed by atoms with Gasteiger partial charge in [-0.25, -0.2) is 9.78 Å². The first kappa shape index (κ1) is 30.5. The maximum absolute atomic E-state index is 12.7. The second kappa shape index (κ2) is 13.7. The number of amides is 3. The largest absolute Gasteiger partial charge is 0.485 e. The fourth-order valence-corrected chi connectivity index (χ4v) is 4.18. The normalized spacial score (nSPS) is 10.4. The van der Waals surface area contributed by atoms with Crippen LogP contribution in [0.1, 0.15) is 18.2 Å². The molecular weight excluding hydrogens is 613 g/mol. The Labute approximate surface area is 238 Å². The summed E-state index contributed by atoms with van der Waals surface area (Å²) in [7, 11) is 1.52. The number of hydrogen-bond donors (Lipinski definition) is 2. The smallest absolute Gasteiger partial charge is 0.325 e. The van der Waals surface area contributed by atoms with Crippen LogP contribution in [0.15, 0.2) is 35.1 Å². The molecule has 14 heteroatoms. The molecule has 200 valence electrons. The SMILES string of the molecule is CCOC(=O)CNC(=O)NCC(=O)N(C)c1ccc(Cl)c(COc2cccn3c(Br)c(C)nc23)c1Cl.Cl. The van der Waals surface area contributed by atoms with Gasteiger partial charge >= 0.3 is 12.0 Å². The average molecular weight is 638 g/mol. The van der Waals surface area contributed by atoms with Crippen molar-refractivity contribution >= 4 is 80.8 Å². The van der Waals surface area contributed by atoms with Gasteiger partial charge in [0.25, 0.3) is 0 Å². The summed E-state index contributed by atoms with van der Waals surface area (Å²) in [6, 6.07) is 6.14. The number of ether oxygens (including phenoxy) is 2. The van der Waals surface area contributed by atoms with Gasteiger partial charge in [0.1, 0.15) is 17.8 Å². The molecule has 37 heavy (non-hydrogen) atoms. The van der Waals surface area contributed by atoms with Crippen LogP contribution >= 0.6 is 51.5 Å². The van der Waals surface area contributed by atoms with Crippen molar-refractivity contribution in [2.24, 2.45) is 0 Å². The molecule has 0 spiro atoms. The van der Waals surface area contributed by atoms with Crippen molar-refractivity contribution in [2.45, 2.75) is 20.5 Å². The van der Waals surface area contributed by atoms with Crippen LogP contribution in [0.3, 0.4) is 0 Å². The summed E-state index contributed by atoms with van der Waals surface area (Å²) in [5.41, 5.74) is 2.31. The predicted octanol–water partition coefficient (Wildman–Crippen LogP) is 4.54. The van der Waals surface area contributed by atoms with Crippen LogP contribution in [0, 0.1) is 6.92 Å². The number of aryl methyl sites for hydroxylation is 1. The molecule has 2 N–H and O–H groups in total. The van der Waals surface area contributed by atoms with Crippen molar-refractivity contribution in [3.63, 3.8) is 0 Å². The molecule has 0 saturated heterocycles. The van der Waals surface area contributed by atoms with Crippen molar-refractivity contribution < 1.29 is 23.9 Å². The number of hydrogen-bond acceptors (Lipinski definition) is 6. The first-order chi connectivity index (χ1) is 17.1. The molecule has 0 radical (unpaired) electrons. The van der Waals surface area contributed by atoms with Crippen molar-refractivity contribution in [3.05, 3.63) is 56.4 Å². The number of benzene rings is 1. The number of fused-ring (bicyclic) bond motifs is 1. The fraction of sp³-hybridized carbons (Fsp3) is 0.304. The highest BCUT2D eigenvalue weighted by atomic mass is 79.9. The number of carbonyl (C=O) groups is 3. The van der Waals surface area contributed by atoms with Gasteiger partial charge in [-0.15, -0.1) is 12.4 Å². The molecule has 1 aromatic carbocycles. The number of halogens is 4. The molecule has 3 aromatic rings. The van der Waals surface area contributed by atoms with Crippen LogP contribution < -0.4 is 20.3 Å². The molecule has 10 nitrogen and oxygen atoms in total.